The summed E-state index contributed by atoms with van der Waals surface area (Å²) in [6.45, 7) is 10.1. The molecule has 0 saturated carbocycles. The van der Waals surface area contributed by atoms with Crippen molar-refractivity contribution < 1.29 is 23.9 Å². The molecule has 0 aliphatic carbocycles. The second kappa shape index (κ2) is 7.70. The second-order valence-corrected chi connectivity index (χ2v) is 7.72. The Balaban J connectivity index is 2.60. The van der Waals surface area contributed by atoms with Crippen molar-refractivity contribution in [1.29, 1.82) is 0 Å². The SMILES string of the molecule is CC(C)C(CC(=O)OCC(C)(C)C)C(=O)CC1CNC(=O)C1=O. The zero-order chi connectivity index (χ0) is 17.8. The Labute approximate surface area is 137 Å². The van der Waals surface area contributed by atoms with E-state index in [0.29, 0.717) is 6.61 Å². The molecule has 1 fully saturated rings. The first kappa shape index (κ1) is 19.3. The Hall–Kier alpha value is -1.72. The van der Waals surface area contributed by atoms with E-state index in [0.717, 1.165) is 0 Å². The van der Waals surface area contributed by atoms with E-state index >= 15 is 0 Å². The van der Waals surface area contributed by atoms with Crippen LogP contribution in [-0.4, -0.2) is 36.6 Å². The van der Waals surface area contributed by atoms with Crippen molar-refractivity contribution in [3.05, 3.63) is 0 Å². The quantitative estimate of drug-likeness (QED) is 0.566. The molecule has 1 rings (SSSR count). The van der Waals surface area contributed by atoms with Crippen molar-refractivity contribution in [3.8, 4) is 0 Å². The van der Waals surface area contributed by atoms with E-state index in [-0.39, 0.29) is 36.5 Å². The highest BCUT2D eigenvalue weighted by atomic mass is 16.5. The van der Waals surface area contributed by atoms with E-state index in [1.54, 1.807) is 0 Å². The van der Waals surface area contributed by atoms with Crippen molar-refractivity contribution >= 4 is 23.4 Å². The summed E-state index contributed by atoms with van der Waals surface area (Å²) in [7, 11) is 0. The van der Waals surface area contributed by atoms with Gasteiger partial charge in [0, 0.05) is 18.9 Å². The maximum Gasteiger partial charge on any atom is 0.306 e. The van der Waals surface area contributed by atoms with Crippen molar-refractivity contribution in [2.24, 2.45) is 23.2 Å². The molecule has 23 heavy (non-hydrogen) atoms. The molecular weight excluding hydrogens is 298 g/mol. The van der Waals surface area contributed by atoms with E-state index in [9.17, 15) is 19.2 Å². The number of esters is 1. The molecule has 6 nitrogen and oxygen atoms in total. The molecule has 1 saturated heterocycles. The van der Waals surface area contributed by atoms with Gasteiger partial charge in [0.1, 0.15) is 5.78 Å². The first-order chi connectivity index (χ1) is 10.5. The van der Waals surface area contributed by atoms with Crippen LogP contribution >= 0.6 is 0 Å². The first-order valence-electron chi connectivity index (χ1n) is 8.01. The maximum absolute atomic E-state index is 12.4. The highest BCUT2D eigenvalue weighted by Gasteiger charge is 2.36. The third-order valence-electron chi connectivity index (χ3n) is 3.82. The normalized spacial score (nSPS) is 19.7. The number of amides is 1. The summed E-state index contributed by atoms with van der Waals surface area (Å²) in [5.74, 6) is -2.89. The predicted molar refractivity (Wildman–Crippen MR) is 84.5 cm³/mol. The van der Waals surface area contributed by atoms with Crippen LogP contribution in [0.1, 0.15) is 47.5 Å². The first-order valence-corrected chi connectivity index (χ1v) is 8.01. The van der Waals surface area contributed by atoms with Gasteiger partial charge in [-0.05, 0) is 11.3 Å². The molecule has 0 aromatic heterocycles. The van der Waals surface area contributed by atoms with Crippen LogP contribution < -0.4 is 5.32 Å². The smallest absolute Gasteiger partial charge is 0.306 e. The fourth-order valence-electron chi connectivity index (χ4n) is 2.40. The number of ketones is 2. The molecule has 1 heterocycles. The van der Waals surface area contributed by atoms with E-state index in [1.807, 2.05) is 34.6 Å². The molecule has 0 bridgehead atoms. The van der Waals surface area contributed by atoms with Gasteiger partial charge in [-0.2, -0.15) is 0 Å². The van der Waals surface area contributed by atoms with Gasteiger partial charge in [-0.3, -0.25) is 19.2 Å². The molecule has 0 spiro atoms. The topological polar surface area (TPSA) is 89.5 Å². The van der Waals surface area contributed by atoms with Gasteiger partial charge in [-0.15, -0.1) is 0 Å². The van der Waals surface area contributed by atoms with Crippen molar-refractivity contribution in [2.45, 2.75) is 47.5 Å². The van der Waals surface area contributed by atoms with Gasteiger partial charge in [0.2, 0.25) is 5.78 Å². The molecule has 1 amide bonds. The third-order valence-corrected chi connectivity index (χ3v) is 3.82. The summed E-state index contributed by atoms with van der Waals surface area (Å²) in [6, 6.07) is 0. The zero-order valence-corrected chi connectivity index (χ0v) is 14.6. The molecule has 130 valence electrons. The summed E-state index contributed by atoms with van der Waals surface area (Å²) >= 11 is 0. The summed E-state index contributed by atoms with van der Waals surface area (Å²) in [4.78, 5) is 47.2. The number of rotatable bonds is 7. The van der Waals surface area contributed by atoms with Crippen molar-refractivity contribution in [1.82, 2.24) is 5.32 Å². The number of ether oxygens (including phenoxy) is 1. The highest BCUT2D eigenvalue weighted by Crippen LogP contribution is 2.23. The Kier molecular flexibility index (Phi) is 6.47. The minimum Gasteiger partial charge on any atom is -0.465 e. The molecule has 0 aromatic carbocycles. The van der Waals surface area contributed by atoms with Crippen LogP contribution in [0.2, 0.25) is 0 Å². The molecule has 1 N–H and O–H groups in total. The van der Waals surface area contributed by atoms with Gasteiger partial charge in [0.25, 0.3) is 5.91 Å². The molecule has 0 radical (unpaired) electrons. The summed E-state index contributed by atoms with van der Waals surface area (Å²) in [6.07, 6.45) is 0.00182. The number of carbonyl (C=O) groups is 4. The standard InChI is InChI=1S/C17H27NO5/c1-10(2)12(7-14(20)23-9-17(3,4)5)13(19)6-11-8-18-16(22)15(11)21/h10-12H,6-9H2,1-5H3,(H,18,22). The van der Waals surface area contributed by atoms with Crippen LogP contribution in [0.25, 0.3) is 0 Å². The zero-order valence-electron chi connectivity index (χ0n) is 14.6. The number of hydrogen-bond donors (Lipinski definition) is 1. The van der Waals surface area contributed by atoms with Crippen LogP contribution in [0.15, 0.2) is 0 Å². The van der Waals surface area contributed by atoms with Crippen LogP contribution in [0, 0.1) is 23.2 Å². The van der Waals surface area contributed by atoms with Gasteiger partial charge in [0.15, 0.2) is 0 Å². The Morgan fingerprint density at radius 3 is 2.30 bits per heavy atom. The lowest BCUT2D eigenvalue weighted by atomic mass is 9.84. The van der Waals surface area contributed by atoms with E-state index < -0.39 is 29.5 Å². The minimum atomic E-state index is -0.631. The summed E-state index contributed by atoms with van der Waals surface area (Å²) in [5, 5.41) is 2.44. The number of hydrogen-bond acceptors (Lipinski definition) is 5. The van der Waals surface area contributed by atoms with Crippen molar-refractivity contribution in [2.75, 3.05) is 13.2 Å². The number of nitrogens with one attached hydrogen (secondary N) is 1. The van der Waals surface area contributed by atoms with Gasteiger partial charge in [-0.25, -0.2) is 0 Å². The van der Waals surface area contributed by atoms with Gasteiger partial charge >= 0.3 is 5.97 Å². The van der Waals surface area contributed by atoms with Gasteiger partial charge in [-0.1, -0.05) is 34.6 Å². The Bertz CT molecular complexity index is 490. The maximum atomic E-state index is 12.4. The van der Waals surface area contributed by atoms with E-state index in [4.69, 9.17) is 4.74 Å². The third kappa shape index (κ3) is 6.12. The van der Waals surface area contributed by atoms with Crippen LogP contribution in [0.3, 0.4) is 0 Å². The van der Waals surface area contributed by atoms with Gasteiger partial charge < -0.3 is 10.1 Å². The fraction of sp³-hybridized carbons (Fsp3) is 0.765. The number of carbonyl (C=O) groups excluding carboxylic acids is 4. The second-order valence-electron chi connectivity index (χ2n) is 7.72. The minimum absolute atomic E-state index is 0.00697. The van der Waals surface area contributed by atoms with Gasteiger partial charge in [0.05, 0.1) is 18.9 Å². The fourth-order valence-corrected chi connectivity index (χ4v) is 2.40. The molecule has 1 aliphatic heterocycles. The molecular formula is C17H27NO5. The van der Waals surface area contributed by atoms with Crippen LogP contribution in [-0.2, 0) is 23.9 Å². The number of Topliss-reactive ketones (excluding diaryl/α,β-unsaturated/α-hetero) is 2. The molecule has 2 atom stereocenters. The predicted octanol–water partition coefficient (Wildman–Crippen LogP) is 1.51. The average Bonchev–Trinajstić information content (AvgIpc) is 2.73. The monoisotopic (exact) mass is 325 g/mol. The van der Waals surface area contributed by atoms with Crippen LogP contribution in [0.5, 0.6) is 0 Å². The molecule has 2 unspecified atom stereocenters. The lowest BCUT2D eigenvalue weighted by Gasteiger charge is -2.22. The summed E-state index contributed by atoms with van der Waals surface area (Å²) < 4.78 is 5.22. The lowest BCUT2D eigenvalue weighted by molar-refractivity contribution is -0.150. The summed E-state index contributed by atoms with van der Waals surface area (Å²) in [5.41, 5.74) is -0.130. The Morgan fingerprint density at radius 2 is 1.87 bits per heavy atom. The Morgan fingerprint density at radius 1 is 1.26 bits per heavy atom. The molecule has 1 aliphatic rings. The molecule has 0 aromatic rings. The van der Waals surface area contributed by atoms with E-state index in [1.165, 1.54) is 0 Å². The molecule has 6 heteroatoms. The van der Waals surface area contributed by atoms with E-state index in [2.05, 4.69) is 5.32 Å². The highest BCUT2D eigenvalue weighted by molar-refractivity contribution is 6.39. The lowest BCUT2D eigenvalue weighted by Crippen LogP contribution is -2.29. The largest absolute Gasteiger partial charge is 0.465 e. The average molecular weight is 325 g/mol. The van der Waals surface area contributed by atoms with Crippen LogP contribution in [0.4, 0.5) is 0 Å². The van der Waals surface area contributed by atoms with Crippen molar-refractivity contribution in [3.63, 3.8) is 0 Å².